The number of methoxy groups -OCH3 is 1. The van der Waals surface area contributed by atoms with E-state index in [9.17, 15) is 17.6 Å². The van der Waals surface area contributed by atoms with Gasteiger partial charge in [0.15, 0.2) is 5.78 Å². The van der Waals surface area contributed by atoms with Crippen molar-refractivity contribution in [3.63, 3.8) is 0 Å². The molecule has 0 radical (unpaired) electrons. The van der Waals surface area contributed by atoms with Crippen LogP contribution in [0.2, 0.25) is 0 Å². The van der Waals surface area contributed by atoms with Crippen molar-refractivity contribution in [1.82, 2.24) is 9.21 Å². The van der Waals surface area contributed by atoms with E-state index in [-0.39, 0.29) is 23.7 Å². The Bertz CT molecular complexity index is 1080. The number of rotatable bonds is 6. The zero-order valence-corrected chi connectivity index (χ0v) is 19.3. The Morgan fingerprint density at radius 3 is 2.44 bits per heavy atom. The Morgan fingerprint density at radius 2 is 1.81 bits per heavy atom. The molecule has 1 unspecified atom stereocenters. The molecule has 1 fully saturated rings. The maximum Gasteiger partial charge on any atom is 0.244 e. The molecule has 2 aromatic carbocycles. The maximum atomic E-state index is 13.5. The highest BCUT2D eigenvalue weighted by atomic mass is 32.2. The highest BCUT2D eigenvalue weighted by Crippen LogP contribution is 2.38. The second-order valence-corrected chi connectivity index (χ2v) is 10.3. The minimum atomic E-state index is -3.64. The lowest BCUT2D eigenvalue weighted by atomic mass is 9.88. The molecule has 0 spiro atoms. The van der Waals surface area contributed by atoms with Crippen molar-refractivity contribution in [2.24, 2.45) is 5.92 Å². The largest absolute Gasteiger partial charge is 0.496 e. The second-order valence-electron chi connectivity index (χ2n) is 8.42. The number of nitrogens with zero attached hydrogens (tertiary/aromatic N) is 2. The fourth-order valence-electron chi connectivity index (χ4n) is 4.86. The molecular formula is C24H29FN2O4S. The van der Waals surface area contributed by atoms with Gasteiger partial charge in [-0.25, -0.2) is 12.8 Å². The number of carbonyl (C=O) groups excluding carboxylic acids is 1. The fraction of sp³-hybridized carbons (Fsp3) is 0.458. The van der Waals surface area contributed by atoms with Crippen LogP contribution in [0.5, 0.6) is 5.75 Å². The van der Waals surface area contributed by atoms with Crippen LogP contribution >= 0.6 is 0 Å². The highest BCUT2D eigenvalue weighted by Gasteiger charge is 2.43. The van der Waals surface area contributed by atoms with E-state index in [4.69, 9.17) is 4.74 Å². The van der Waals surface area contributed by atoms with Crippen LogP contribution in [0.15, 0.2) is 47.4 Å². The van der Waals surface area contributed by atoms with E-state index in [2.05, 4.69) is 4.90 Å². The lowest BCUT2D eigenvalue weighted by Crippen LogP contribution is -2.56. The summed E-state index contributed by atoms with van der Waals surface area (Å²) in [6.07, 6.45) is 2.26. The van der Waals surface area contributed by atoms with Crippen molar-refractivity contribution in [2.45, 2.75) is 43.7 Å². The van der Waals surface area contributed by atoms with Crippen molar-refractivity contribution in [3.8, 4) is 5.75 Å². The van der Waals surface area contributed by atoms with E-state index >= 15 is 0 Å². The van der Waals surface area contributed by atoms with Crippen molar-refractivity contribution in [1.29, 1.82) is 0 Å². The Kier molecular flexibility index (Phi) is 6.65. The summed E-state index contributed by atoms with van der Waals surface area (Å²) in [5, 5.41) is 0. The van der Waals surface area contributed by atoms with E-state index in [0.717, 1.165) is 5.56 Å². The third-order valence-electron chi connectivity index (χ3n) is 6.51. The van der Waals surface area contributed by atoms with Gasteiger partial charge in [-0.3, -0.25) is 9.69 Å². The lowest BCUT2D eigenvalue weighted by Gasteiger charge is -2.44. The fourth-order valence-corrected chi connectivity index (χ4v) is 6.81. The number of hydrogen-bond acceptors (Lipinski definition) is 5. The molecule has 2 aliphatic rings. The first kappa shape index (κ1) is 22.9. The quantitative estimate of drug-likeness (QED) is 0.615. The number of ketones is 1. The van der Waals surface area contributed by atoms with E-state index < -0.39 is 10.0 Å². The van der Waals surface area contributed by atoms with Crippen LogP contribution in [0.4, 0.5) is 4.39 Å². The van der Waals surface area contributed by atoms with Gasteiger partial charge in [0.05, 0.1) is 18.2 Å². The number of Topliss-reactive ketones (excluding diaryl/α,β-unsaturated/α-hetero) is 1. The summed E-state index contributed by atoms with van der Waals surface area (Å²) >= 11 is 0. The molecule has 0 saturated carbocycles. The summed E-state index contributed by atoms with van der Waals surface area (Å²) in [4.78, 5) is 15.3. The summed E-state index contributed by atoms with van der Waals surface area (Å²) in [5.74, 6) is 0.118. The number of likely N-dealkylation sites (tertiary alicyclic amines) is 1. The highest BCUT2D eigenvalue weighted by molar-refractivity contribution is 7.89. The molecule has 0 aromatic heterocycles. The number of benzene rings is 2. The Balaban J connectivity index is 1.55. The molecule has 0 N–H and O–H groups in total. The topological polar surface area (TPSA) is 66.9 Å². The molecule has 0 bridgehead atoms. The van der Waals surface area contributed by atoms with Crippen molar-refractivity contribution < 1.29 is 22.3 Å². The molecule has 4 rings (SSSR count). The molecule has 1 saturated heterocycles. The SMILES string of the molecule is CCCN1C(N2CCC(C(=O)c3ccc(F)cc3)CC2)Cc2c(OC)cccc2S1(=O)=O. The first-order chi connectivity index (χ1) is 15.4. The summed E-state index contributed by atoms with van der Waals surface area (Å²) in [5.41, 5.74) is 1.24. The summed E-state index contributed by atoms with van der Waals surface area (Å²) < 4.78 is 47.2. The Morgan fingerprint density at radius 1 is 1.12 bits per heavy atom. The third kappa shape index (κ3) is 4.19. The van der Waals surface area contributed by atoms with E-state index in [1.165, 1.54) is 24.3 Å². The minimum Gasteiger partial charge on any atom is -0.496 e. The molecule has 2 aliphatic heterocycles. The molecule has 1 atom stereocenters. The molecule has 2 aromatic rings. The van der Waals surface area contributed by atoms with Gasteiger partial charge in [0.1, 0.15) is 11.6 Å². The smallest absolute Gasteiger partial charge is 0.244 e. The summed E-state index contributed by atoms with van der Waals surface area (Å²) in [6.45, 7) is 3.67. The third-order valence-corrected chi connectivity index (χ3v) is 8.49. The van der Waals surface area contributed by atoms with Crippen LogP contribution < -0.4 is 4.74 Å². The van der Waals surface area contributed by atoms with Crippen molar-refractivity contribution >= 4 is 15.8 Å². The predicted octanol–water partition coefficient (Wildman–Crippen LogP) is 3.71. The number of halogens is 1. The van der Waals surface area contributed by atoms with Gasteiger partial charge in [-0.05, 0) is 55.7 Å². The van der Waals surface area contributed by atoms with Crippen LogP contribution in [0.25, 0.3) is 0 Å². The van der Waals surface area contributed by atoms with E-state index in [0.29, 0.717) is 61.5 Å². The average molecular weight is 461 g/mol. The van der Waals surface area contributed by atoms with Gasteiger partial charge >= 0.3 is 0 Å². The van der Waals surface area contributed by atoms with Crippen LogP contribution in [0.3, 0.4) is 0 Å². The normalized spacial score (nSPS) is 21.8. The first-order valence-electron chi connectivity index (χ1n) is 11.1. The molecule has 32 heavy (non-hydrogen) atoms. The van der Waals surface area contributed by atoms with E-state index in [1.807, 2.05) is 6.92 Å². The zero-order chi connectivity index (χ0) is 22.9. The molecule has 172 valence electrons. The summed E-state index contributed by atoms with van der Waals surface area (Å²) in [7, 11) is -2.09. The van der Waals surface area contributed by atoms with E-state index in [1.54, 1.807) is 29.6 Å². The lowest BCUT2D eigenvalue weighted by molar-refractivity contribution is 0.0528. The second kappa shape index (κ2) is 9.29. The molecule has 8 heteroatoms. The van der Waals surface area contributed by atoms with Gasteiger partial charge in [0.2, 0.25) is 10.0 Å². The molecule has 0 amide bonds. The van der Waals surface area contributed by atoms with Gasteiger partial charge in [0, 0.05) is 43.1 Å². The number of fused-ring (bicyclic) bond motifs is 1. The zero-order valence-electron chi connectivity index (χ0n) is 18.5. The molecule has 2 heterocycles. The number of hydrogen-bond donors (Lipinski definition) is 0. The standard InChI is InChI=1S/C24H29FN2O4S/c1-3-13-27-23(16-20-21(31-2)5-4-6-22(20)32(27,29)30)26-14-11-18(12-15-26)24(28)17-7-9-19(25)10-8-17/h4-10,18,23H,3,11-16H2,1-2H3. The van der Waals surface area contributed by atoms with Crippen molar-refractivity contribution in [3.05, 3.63) is 59.4 Å². The average Bonchev–Trinajstić information content (AvgIpc) is 2.80. The first-order valence-corrected chi connectivity index (χ1v) is 12.5. The van der Waals surface area contributed by atoms with Crippen molar-refractivity contribution in [2.75, 3.05) is 26.7 Å². The number of piperidine rings is 1. The minimum absolute atomic E-state index is 0.0262. The molecule has 0 aliphatic carbocycles. The van der Waals surface area contributed by atoms with Gasteiger partial charge in [0.25, 0.3) is 0 Å². The van der Waals surface area contributed by atoms with Crippen LogP contribution in [-0.4, -0.2) is 56.3 Å². The van der Waals surface area contributed by atoms with Gasteiger partial charge in [-0.2, -0.15) is 4.31 Å². The van der Waals surface area contributed by atoms with Crippen LogP contribution in [0.1, 0.15) is 42.1 Å². The predicted molar refractivity (Wildman–Crippen MR) is 120 cm³/mol. The summed E-state index contributed by atoms with van der Waals surface area (Å²) in [6, 6.07) is 10.8. The van der Waals surface area contributed by atoms with Gasteiger partial charge in [-0.1, -0.05) is 13.0 Å². The Labute approximate surface area is 189 Å². The van der Waals surface area contributed by atoms with Crippen LogP contribution in [-0.2, 0) is 16.4 Å². The number of ether oxygens (including phenoxy) is 1. The molecular weight excluding hydrogens is 431 g/mol. The number of sulfonamides is 1. The monoisotopic (exact) mass is 460 g/mol. The van der Waals surface area contributed by atoms with Gasteiger partial charge in [-0.15, -0.1) is 0 Å². The molecule has 6 nitrogen and oxygen atoms in total. The van der Waals surface area contributed by atoms with Crippen LogP contribution in [0, 0.1) is 11.7 Å². The maximum absolute atomic E-state index is 13.5. The Hall–Kier alpha value is -2.29. The number of carbonyl (C=O) groups is 1. The van der Waals surface area contributed by atoms with Gasteiger partial charge < -0.3 is 4.74 Å².